The van der Waals surface area contributed by atoms with Crippen molar-refractivity contribution >= 4 is 11.9 Å². The molecular formula is C77H149NO10. The summed E-state index contributed by atoms with van der Waals surface area (Å²) < 4.78 is 17.7. The van der Waals surface area contributed by atoms with Crippen molar-refractivity contribution in [3.05, 3.63) is 12.2 Å². The van der Waals surface area contributed by atoms with Crippen LogP contribution >= 0.6 is 0 Å². The monoisotopic (exact) mass is 1250 g/mol. The summed E-state index contributed by atoms with van der Waals surface area (Å²) in [5.41, 5.74) is 0. The molecule has 1 aliphatic rings. The predicted octanol–water partition coefficient (Wildman–Crippen LogP) is 20.6. The maximum atomic E-state index is 13.5. The first-order chi connectivity index (χ1) is 43.2. The van der Waals surface area contributed by atoms with Gasteiger partial charge in [-0.2, -0.15) is 0 Å². The van der Waals surface area contributed by atoms with Crippen LogP contribution in [0.15, 0.2) is 12.2 Å². The molecule has 0 spiro atoms. The SMILES string of the molecule is CCCCCCCCCCCC/C=C/C(O)C(COC1OC(CO)C(O)C(O)C1OC(=O)CCCCCCCCCCCCCCCCCCCCCCCCC)NC(=O)C(O)CCCCCCCCCCCCCCCCCCCCCCCCCC. The summed E-state index contributed by atoms with van der Waals surface area (Å²) >= 11 is 0. The number of ether oxygens (including phenoxy) is 3. The van der Waals surface area contributed by atoms with Gasteiger partial charge in [-0.3, -0.25) is 9.59 Å². The van der Waals surface area contributed by atoms with E-state index in [0.29, 0.717) is 19.3 Å². The number of carbonyl (C=O) groups is 2. The Hall–Kier alpha value is -1.60. The van der Waals surface area contributed by atoms with Crippen molar-refractivity contribution < 1.29 is 49.3 Å². The molecular weight excluding hydrogens is 1100 g/mol. The van der Waals surface area contributed by atoms with Crippen LogP contribution in [0.1, 0.15) is 406 Å². The number of hydrogen-bond donors (Lipinski definition) is 6. The summed E-state index contributed by atoms with van der Waals surface area (Å²) in [5.74, 6) is -1.17. The largest absolute Gasteiger partial charge is 0.454 e. The molecule has 8 atom stereocenters. The highest BCUT2D eigenvalue weighted by molar-refractivity contribution is 5.80. The van der Waals surface area contributed by atoms with Gasteiger partial charge in [0.2, 0.25) is 5.91 Å². The average molecular weight is 1250 g/mol. The third-order valence-corrected chi connectivity index (χ3v) is 18.9. The lowest BCUT2D eigenvalue weighted by Gasteiger charge is -2.41. The zero-order valence-electron chi connectivity index (χ0n) is 58.4. The van der Waals surface area contributed by atoms with Crippen molar-refractivity contribution in [2.24, 2.45) is 0 Å². The molecule has 8 unspecified atom stereocenters. The van der Waals surface area contributed by atoms with E-state index >= 15 is 0 Å². The Bertz CT molecular complexity index is 1480. The summed E-state index contributed by atoms with van der Waals surface area (Å²) in [7, 11) is 0. The van der Waals surface area contributed by atoms with Crippen LogP contribution in [0.3, 0.4) is 0 Å². The number of rotatable bonds is 69. The van der Waals surface area contributed by atoms with Crippen LogP contribution in [-0.2, 0) is 23.8 Å². The minimum Gasteiger partial charge on any atom is -0.454 e. The lowest BCUT2D eigenvalue weighted by Crippen LogP contribution is -2.61. The van der Waals surface area contributed by atoms with Gasteiger partial charge in [-0.1, -0.05) is 386 Å². The number of carbonyl (C=O) groups excluding carboxylic acids is 2. The van der Waals surface area contributed by atoms with Gasteiger partial charge in [0.05, 0.1) is 25.4 Å². The molecule has 1 rings (SSSR count). The zero-order valence-corrected chi connectivity index (χ0v) is 58.4. The minimum absolute atomic E-state index is 0.132. The Morgan fingerprint density at radius 3 is 1.07 bits per heavy atom. The molecule has 1 aliphatic heterocycles. The molecule has 0 aliphatic carbocycles. The average Bonchev–Trinajstić information content (AvgIpc) is 2.79. The fourth-order valence-electron chi connectivity index (χ4n) is 12.8. The smallest absolute Gasteiger partial charge is 0.306 e. The van der Waals surface area contributed by atoms with Crippen LogP contribution in [0.2, 0.25) is 0 Å². The first kappa shape index (κ1) is 84.4. The Kier molecular flexibility index (Phi) is 62.8. The van der Waals surface area contributed by atoms with Gasteiger partial charge in [0.25, 0.3) is 0 Å². The van der Waals surface area contributed by atoms with Gasteiger partial charge in [0, 0.05) is 6.42 Å². The van der Waals surface area contributed by atoms with Gasteiger partial charge in [-0.05, 0) is 25.7 Å². The normalized spacial score (nSPS) is 18.1. The maximum Gasteiger partial charge on any atom is 0.306 e. The summed E-state index contributed by atoms with van der Waals surface area (Å²) in [6.45, 7) is 5.88. The third-order valence-electron chi connectivity index (χ3n) is 18.9. The van der Waals surface area contributed by atoms with E-state index in [1.165, 1.54) is 302 Å². The van der Waals surface area contributed by atoms with Crippen LogP contribution in [0.25, 0.3) is 0 Å². The van der Waals surface area contributed by atoms with Gasteiger partial charge in [-0.15, -0.1) is 0 Å². The van der Waals surface area contributed by atoms with E-state index in [1.54, 1.807) is 6.08 Å². The number of aliphatic hydroxyl groups is 5. The number of unbranched alkanes of at least 4 members (excludes halogenated alkanes) is 55. The van der Waals surface area contributed by atoms with E-state index in [2.05, 4.69) is 26.1 Å². The van der Waals surface area contributed by atoms with Crippen molar-refractivity contribution in [3.63, 3.8) is 0 Å². The molecule has 11 heteroatoms. The van der Waals surface area contributed by atoms with Gasteiger partial charge < -0.3 is 45.1 Å². The summed E-state index contributed by atoms with van der Waals surface area (Å²) in [5, 5.41) is 57.4. The number of esters is 1. The van der Waals surface area contributed by atoms with Gasteiger partial charge in [-0.25, -0.2) is 0 Å². The fourth-order valence-corrected chi connectivity index (χ4v) is 12.8. The lowest BCUT2D eigenvalue weighted by atomic mass is 9.99. The van der Waals surface area contributed by atoms with Crippen molar-refractivity contribution in [2.45, 2.75) is 455 Å². The van der Waals surface area contributed by atoms with Gasteiger partial charge in [0.15, 0.2) is 12.4 Å². The maximum absolute atomic E-state index is 13.5. The van der Waals surface area contributed by atoms with Crippen LogP contribution in [0.5, 0.6) is 0 Å². The first-order valence-electron chi connectivity index (χ1n) is 39.0. The molecule has 0 radical (unpaired) electrons. The van der Waals surface area contributed by atoms with Gasteiger partial charge in [0.1, 0.15) is 24.4 Å². The first-order valence-corrected chi connectivity index (χ1v) is 39.0. The molecule has 0 saturated carbocycles. The number of allylic oxidation sites excluding steroid dienone is 1. The number of hydrogen-bond acceptors (Lipinski definition) is 10. The van der Waals surface area contributed by atoms with Gasteiger partial charge >= 0.3 is 5.97 Å². The lowest BCUT2D eigenvalue weighted by molar-refractivity contribution is -0.305. The number of aliphatic hydroxyl groups excluding tert-OH is 5. The van der Waals surface area contributed by atoms with Crippen molar-refractivity contribution in [3.8, 4) is 0 Å². The van der Waals surface area contributed by atoms with E-state index in [9.17, 15) is 35.1 Å². The Labute approximate surface area is 544 Å². The molecule has 6 N–H and O–H groups in total. The molecule has 0 aromatic heterocycles. The highest BCUT2D eigenvalue weighted by atomic mass is 16.7. The Morgan fingerprint density at radius 2 is 0.739 bits per heavy atom. The van der Waals surface area contributed by atoms with E-state index in [-0.39, 0.29) is 13.0 Å². The standard InChI is InChI=1S/C77H149NO10/c1-4-7-10-13-16-19-22-25-27-29-31-33-35-37-38-40-42-44-46-49-52-55-58-61-64-70(81)76(85)78-68(69(80)63-60-57-54-51-48-24-21-18-15-12-9-6-3)67-86-77-75(74(84)73(83)71(66-79)87-77)88-72(82)65-62-59-56-53-50-47-45-43-41-39-36-34-32-30-28-26-23-20-17-14-11-8-5-2/h60,63,68-71,73-75,77,79-81,83-84H,4-59,61-62,64-67H2,1-3H3,(H,78,85)/b63-60+. The highest BCUT2D eigenvalue weighted by Crippen LogP contribution is 2.27. The molecule has 1 saturated heterocycles. The molecule has 0 aromatic carbocycles. The summed E-state index contributed by atoms with van der Waals surface area (Å²) in [6.07, 6.45) is 68.4. The van der Waals surface area contributed by atoms with Crippen LogP contribution < -0.4 is 5.32 Å². The molecule has 1 amide bonds. The second kappa shape index (κ2) is 65.5. The molecule has 522 valence electrons. The number of amides is 1. The van der Waals surface area contributed by atoms with E-state index < -0.39 is 67.4 Å². The Morgan fingerprint density at radius 1 is 0.432 bits per heavy atom. The predicted molar refractivity (Wildman–Crippen MR) is 371 cm³/mol. The summed E-state index contributed by atoms with van der Waals surface area (Å²) in [4.78, 5) is 26.7. The van der Waals surface area contributed by atoms with Crippen LogP contribution in [0, 0.1) is 0 Å². The topological polar surface area (TPSA) is 175 Å². The van der Waals surface area contributed by atoms with Crippen LogP contribution in [-0.4, -0.2) is 99.6 Å². The molecule has 1 fully saturated rings. The van der Waals surface area contributed by atoms with E-state index in [4.69, 9.17) is 14.2 Å². The molecule has 88 heavy (non-hydrogen) atoms. The fraction of sp³-hybridized carbons (Fsp3) is 0.948. The minimum atomic E-state index is -1.61. The van der Waals surface area contributed by atoms with Crippen LogP contribution in [0.4, 0.5) is 0 Å². The third kappa shape index (κ3) is 51.9. The van der Waals surface area contributed by atoms with Crippen molar-refractivity contribution in [1.29, 1.82) is 0 Å². The zero-order chi connectivity index (χ0) is 63.9. The Balaban J connectivity index is 2.50. The van der Waals surface area contributed by atoms with Crippen molar-refractivity contribution in [1.82, 2.24) is 5.32 Å². The second-order valence-corrected chi connectivity index (χ2v) is 27.5. The molecule has 0 aromatic rings. The van der Waals surface area contributed by atoms with E-state index in [0.717, 1.165) is 57.8 Å². The second-order valence-electron chi connectivity index (χ2n) is 27.5. The number of nitrogens with one attached hydrogen (secondary N) is 1. The molecule has 1 heterocycles. The van der Waals surface area contributed by atoms with E-state index in [1.807, 2.05) is 6.08 Å². The highest BCUT2D eigenvalue weighted by Gasteiger charge is 2.47. The summed E-state index contributed by atoms with van der Waals surface area (Å²) in [6, 6.07) is -1.02. The molecule has 0 bridgehead atoms. The van der Waals surface area contributed by atoms with Crippen molar-refractivity contribution in [2.75, 3.05) is 13.2 Å². The quantitative estimate of drug-likeness (QED) is 0.0195. The molecule has 11 nitrogen and oxygen atoms in total.